The van der Waals surface area contributed by atoms with E-state index in [1.54, 1.807) is 18.5 Å². The number of carbonyl (C=O) groups is 1. The zero-order valence-corrected chi connectivity index (χ0v) is 8.98. The molecule has 0 aromatic carbocycles. The zero-order chi connectivity index (χ0) is 11.2. The molecule has 0 aliphatic carbocycles. The number of anilines is 1. The first-order valence-corrected chi connectivity index (χ1v) is 5.40. The number of pyridine rings is 1. The second-order valence-electron chi connectivity index (χ2n) is 3.78. The Labute approximate surface area is 94.2 Å². The van der Waals surface area contributed by atoms with E-state index in [0.717, 1.165) is 13.0 Å². The van der Waals surface area contributed by atoms with Crippen molar-refractivity contribution < 1.29 is 9.53 Å². The Balaban J connectivity index is 1.87. The predicted molar refractivity (Wildman–Crippen MR) is 60.4 cm³/mol. The molecule has 0 bridgehead atoms. The molecule has 0 spiro atoms. The number of ether oxygens (including phenoxy) is 1. The summed E-state index contributed by atoms with van der Waals surface area (Å²) < 4.78 is 5.60. The van der Waals surface area contributed by atoms with E-state index in [9.17, 15) is 4.79 Å². The van der Waals surface area contributed by atoms with Crippen LogP contribution < -0.4 is 15.4 Å². The van der Waals surface area contributed by atoms with Crippen LogP contribution in [0.25, 0.3) is 0 Å². The number of amides is 1. The van der Waals surface area contributed by atoms with Gasteiger partial charge >= 0.3 is 0 Å². The molecule has 1 fully saturated rings. The Morgan fingerprint density at radius 1 is 1.62 bits per heavy atom. The minimum Gasteiger partial charge on any atom is -0.490 e. The van der Waals surface area contributed by atoms with Crippen molar-refractivity contribution in [2.45, 2.75) is 18.9 Å². The van der Waals surface area contributed by atoms with Crippen molar-refractivity contribution in [3.63, 3.8) is 0 Å². The van der Waals surface area contributed by atoms with Crippen LogP contribution in [0.2, 0.25) is 0 Å². The lowest BCUT2D eigenvalue weighted by molar-refractivity contribution is -0.105. The first-order chi connectivity index (χ1) is 7.88. The van der Waals surface area contributed by atoms with Gasteiger partial charge in [-0.3, -0.25) is 9.78 Å². The molecule has 1 atom stereocenters. The first kappa shape index (κ1) is 10.9. The number of hydrogen-bond donors (Lipinski definition) is 2. The smallest absolute Gasteiger partial charge is 0.211 e. The van der Waals surface area contributed by atoms with Crippen molar-refractivity contribution in [1.29, 1.82) is 0 Å². The summed E-state index contributed by atoms with van der Waals surface area (Å²) in [5.74, 6) is 0.681. The van der Waals surface area contributed by atoms with E-state index in [1.165, 1.54) is 6.42 Å². The average Bonchev–Trinajstić information content (AvgIpc) is 2.80. The topological polar surface area (TPSA) is 63.2 Å². The highest BCUT2D eigenvalue weighted by atomic mass is 16.5. The standard InChI is InChI=1S/C11H15N3O2/c15-8-14-10-4-11(6-12-5-10)16-7-9-2-1-3-13-9/h4-6,8-9,13H,1-3,7H2,(H,14,15). The molecule has 5 heteroatoms. The lowest BCUT2D eigenvalue weighted by Crippen LogP contribution is -2.28. The molecular weight excluding hydrogens is 206 g/mol. The van der Waals surface area contributed by atoms with Crippen LogP contribution in [-0.4, -0.2) is 30.6 Å². The Morgan fingerprint density at radius 3 is 3.31 bits per heavy atom. The van der Waals surface area contributed by atoms with Crippen LogP contribution in [0.5, 0.6) is 5.75 Å². The summed E-state index contributed by atoms with van der Waals surface area (Å²) in [7, 11) is 0. The average molecular weight is 221 g/mol. The minimum atomic E-state index is 0.433. The van der Waals surface area contributed by atoms with Gasteiger partial charge in [0.1, 0.15) is 12.4 Å². The van der Waals surface area contributed by atoms with Crippen molar-refractivity contribution >= 4 is 12.1 Å². The predicted octanol–water partition coefficient (Wildman–Crippen LogP) is 0.781. The van der Waals surface area contributed by atoms with Gasteiger partial charge in [-0.15, -0.1) is 0 Å². The molecule has 16 heavy (non-hydrogen) atoms. The molecule has 2 N–H and O–H groups in total. The van der Waals surface area contributed by atoms with Crippen LogP contribution >= 0.6 is 0 Å². The summed E-state index contributed by atoms with van der Waals surface area (Å²) in [4.78, 5) is 14.2. The number of aromatic nitrogens is 1. The summed E-state index contributed by atoms with van der Waals surface area (Å²) in [6, 6.07) is 2.19. The lowest BCUT2D eigenvalue weighted by Gasteiger charge is -2.12. The summed E-state index contributed by atoms with van der Waals surface area (Å²) in [6.07, 6.45) is 6.21. The Hall–Kier alpha value is -1.62. The van der Waals surface area contributed by atoms with Gasteiger partial charge in [-0.05, 0) is 19.4 Å². The van der Waals surface area contributed by atoms with E-state index in [4.69, 9.17) is 4.74 Å². The fourth-order valence-electron chi connectivity index (χ4n) is 1.74. The van der Waals surface area contributed by atoms with Gasteiger partial charge in [0, 0.05) is 12.1 Å². The molecule has 2 heterocycles. The van der Waals surface area contributed by atoms with Crippen molar-refractivity contribution in [2.75, 3.05) is 18.5 Å². The summed E-state index contributed by atoms with van der Waals surface area (Å²) >= 11 is 0. The van der Waals surface area contributed by atoms with Gasteiger partial charge in [0.2, 0.25) is 6.41 Å². The fourth-order valence-corrected chi connectivity index (χ4v) is 1.74. The maximum atomic E-state index is 10.3. The summed E-state index contributed by atoms with van der Waals surface area (Å²) in [6.45, 7) is 1.71. The van der Waals surface area contributed by atoms with E-state index >= 15 is 0 Å². The maximum absolute atomic E-state index is 10.3. The highest BCUT2D eigenvalue weighted by Gasteiger charge is 2.14. The zero-order valence-electron chi connectivity index (χ0n) is 8.98. The molecule has 2 rings (SSSR count). The van der Waals surface area contributed by atoms with Crippen LogP contribution in [0.3, 0.4) is 0 Å². The van der Waals surface area contributed by atoms with Crippen LogP contribution in [0.4, 0.5) is 5.69 Å². The number of rotatable bonds is 5. The molecule has 1 aliphatic heterocycles. The van der Waals surface area contributed by atoms with E-state index in [-0.39, 0.29) is 0 Å². The Morgan fingerprint density at radius 2 is 2.56 bits per heavy atom. The third-order valence-electron chi connectivity index (χ3n) is 2.55. The lowest BCUT2D eigenvalue weighted by atomic mass is 10.2. The normalized spacial score (nSPS) is 19.4. The quantitative estimate of drug-likeness (QED) is 0.721. The number of hydrogen-bond acceptors (Lipinski definition) is 4. The van der Waals surface area contributed by atoms with Gasteiger partial charge in [0.05, 0.1) is 18.1 Å². The Kier molecular flexibility index (Phi) is 3.71. The molecule has 86 valence electrons. The summed E-state index contributed by atoms with van der Waals surface area (Å²) in [5.41, 5.74) is 0.645. The monoisotopic (exact) mass is 221 g/mol. The molecular formula is C11H15N3O2. The van der Waals surface area contributed by atoms with E-state index < -0.39 is 0 Å². The second-order valence-corrected chi connectivity index (χ2v) is 3.78. The number of nitrogens with zero attached hydrogens (tertiary/aromatic N) is 1. The third kappa shape index (κ3) is 2.93. The van der Waals surface area contributed by atoms with Crippen molar-refractivity contribution in [3.05, 3.63) is 18.5 Å². The van der Waals surface area contributed by atoms with Crippen LogP contribution in [0.15, 0.2) is 18.5 Å². The number of carbonyl (C=O) groups excluding carboxylic acids is 1. The largest absolute Gasteiger partial charge is 0.490 e. The molecule has 0 saturated carbocycles. The highest BCUT2D eigenvalue weighted by Crippen LogP contribution is 2.15. The maximum Gasteiger partial charge on any atom is 0.211 e. The second kappa shape index (κ2) is 5.46. The van der Waals surface area contributed by atoms with Gasteiger partial charge in [-0.2, -0.15) is 0 Å². The van der Waals surface area contributed by atoms with Gasteiger partial charge < -0.3 is 15.4 Å². The van der Waals surface area contributed by atoms with Gasteiger partial charge in [0.25, 0.3) is 0 Å². The van der Waals surface area contributed by atoms with E-state index in [1.807, 2.05) is 0 Å². The molecule has 1 amide bonds. The van der Waals surface area contributed by atoms with E-state index in [0.29, 0.717) is 30.5 Å². The van der Waals surface area contributed by atoms with Gasteiger partial charge in [-0.1, -0.05) is 0 Å². The van der Waals surface area contributed by atoms with Crippen LogP contribution in [-0.2, 0) is 4.79 Å². The fraction of sp³-hybridized carbons (Fsp3) is 0.455. The van der Waals surface area contributed by atoms with Crippen LogP contribution in [0.1, 0.15) is 12.8 Å². The minimum absolute atomic E-state index is 0.433. The number of nitrogens with one attached hydrogen (secondary N) is 2. The van der Waals surface area contributed by atoms with E-state index in [2.05, 4.69) is 15.6 Å². The van der Waals surface area contributed by atoms with Crippen LogP contribution in [0, 0.1) is 0 Å². The molecule has 1 aromatic heterocycles. The molecule has 1 saturated heterocycles. The SMILES string of the molecule is O=CNc1cncc(OCC2CCCN2)c1. The highest BCUT2D eigenvalue weighted by molar-refractivity contribution is 5.71. The molecule has 1 aromatic rings. The van der Waals surface area contributed by atoms with Gasteiger partial charge in [-0.25, -0.2) is 0 Å². The summed E-state index contributed by atoms with van der Waals surface area (Å²) in [5, 5.41) is 5.89. The first-order valence-electron chi connectivity index (χ1n) is 5.40. The van der Waals surface area contributed by atoms with Gasteiger partial charge in [0.15, 0.2) is 0 Å². The van der Waals surface area contributed by atoms with Crippen molar-refractivity contribution in [3.8, 4) is 5.75 Å². The molecule has 5 nitrogen and oxygen atoms in total. The van der Waals surface area contributed by atoms with Crippen molar-refractivity contribution in [1.82, 2.24) is 10.3 Å². The molecule has 0 radical (unpaired) electrons. The van der Waals surface area contributed by atoms with Crippen molar-refractivity contribution in [2.24, 2.45) is 0 Å². The molecule has 1 unspecified atom stereocenters. The third-order valence-corrected chi connectivity index (χ3v) is 2.55. The Bertz CT molecular complexity index is 351. The molecule has 1 aliphatic rings.